The van der Waals surface area contributed by atoms with Gasteiger partial charge in [0.2, 0.25) is 0 Å². The molecular weight excluding hydrogens is 462 g/mol. The van der Waals surface area contributed by atoms with E-state index >= 15 is 0 Å². The molecule has 0 radical (unpaired) electrons. The van der Waals surface area contributed by atoms with E-state index in [1.807, 2.05) is 24.3 Å². The number of imidazole rings is 1. The van der Waals surface area contributed by atoms with Crippen LogP contribution in [0.2, 0.25) is 5.02 Å². The van der Waals surface area contributed by atoms with E-state index in [9.17, 15) is 4.79 Å². The van der Waals surface area contributed by atoms with Gasteiger partial charge in [0, 0.05) is 11.6 Å². The lowest BCUT2D eigenvalue weighted by molar-refractivity contribution is 0.0830. The fourth-order valence-corrected chi connectivity index (χ4v) is 4.88. The lowest BCUT2D eigenvalue weighted by atomic mass is 10.2. The highest BCUT2D eigenvalue weighted by Gasteiger charge is 2.18. The fourth-order valence-electron chi connectivity index (χ4n) is 3.74. The summed E-state index contributed by atoms with van der Waals surface area (Å²) in [5.74, 6) is 1.20. The van der Waals surface area contributed by atoms with Crippen LogP contribution in [0.25, 0.3) is 21.6 Å². The van der Waals surface area contributed by atoms with Gasteiger partial charge in [-0.25, -0.2) is 15.4 Å². The predicted octanol–water partition coefficient (Wildman–Crippen LogP) is 4.42. The molecule has 0 aliphatic carbocycles. The Bertz CT molecular complexity index is 1390. The van der Waals surface area contributed by atoms with E-state index in [2.05, 4.69) is 25.1 Å². The quantitative estimate of drug-likeness (QED) is 0.336. The molecule has 0 unspecified atom stereocenters. The summed E-state index contributed by atoms with van der Waals surface area (Å²) in [6.07, 6.45) is 1.60. The summed E-state index contributed by atoms with van der Waals surface area (Å²) in [5, 5.41) is 5.37. The SMILES string of the molecule is COc1cc(Cl)ccc1-c1nc(C)c(C(=O)N/N=C/c2ccc3c(c2)nc2n3CCOC2)s1. The third kappa shape index (κ3) is 4.22. The van der Waals surface area contributed by atoms with Gasteiger partial charge in [0.15, 0.2) is 0 Å². The molecule has 3 heterocycles. The predicted molar refractivity (Wildman–Crippen MR) is 128 cm³/mol. The van der Waals surface area contributed by atoms with Crippen molar-refractivity contribution >= 4 is 46.1 Å². The number of nitrogens with zero attached hydrogens (tertiary/aromatic N) is 4. The number of methoxy groups -OCH3 is 1. The number of amides is 1. The number of hydrazone groups is 1. The minimum Gasteiger partial charge on any atom is -0.496 e. The Hall–Kier alpha value is -3.27. The van der Waals surface area contributed by atoms with Crippen LogP contribution in [0.1, 0.15) is 26.8 Å². The number of ether oxygens (including phenoxy) is 2. The number of fused-ring (bicyclic) bond motifs is 3. The van der Waals surface area contributed by atoms with Crippen LogP contribution < -0.4 is 10.2 Å². The standard InChI is InChI=1S/C23H20ClN5O3S/c1-13-21(33-23(26-13)16-5-4-15(24)10-19(16)31-2)22(30)28-25-11-14-3-6-18-17(9-14)27-20-12-32-8-7-29(18)20/h3-6,9-11H,7-8,12H2,1-2H3,(H,28,30)/b25-11+. The first kappa shape index (κ1) is 21.6. The molecular formula is C23H20ClN5O3S. The zero-order chi connectivity index (χ0) is 22.9. The molecule has 168 valence electrons. The number of rotatable bonds is 5. The van der Waals surface area contributed by atoms with Crippen LogP contribution in [-0.2, 0) is 17.9 Å². The summed E-state index contributed by atoms with van der Waals surface area (Å²) in [5.41, 5.74) is 6.77. The molecule has 1 aliphatic rings. The van der Waals surface area contributed by atoms with Crippen LogP contribution in [0.5, 0.6) is 5.75 Å². The van der Waals surface area contributed by atoms with Crippen LogP contribution >= 0.6 is 22.9 Å². The van der Waals surface area contributed by atoms with Gasteiger partial charge in [0.1, 0.15) is 28.1 Å². The summed E-state index contributed by atoms with van der Waals surface area (Å²) < 4.78 is 13.0. The lowest BCUT2D eigenvalue weighted by Crippen LogP contribution is -2.17. The summed E-state index contributed by atoms with van der Waals surface area (Å²) >= 11 is 7.32. The summed E-state index contributed by atoms with van der Waals surface area (Å²) in [7, 11) is 1.57. The number of hydrogen-bond donors (Lipinski definition) is 1. The van der Waals surface area contributed by atoms with Crippen molar-refractivity contribution < 1.29 is 14.3 Å². The molecule has 0 atom stereocenters. The van der Waals surface area contributed by atoms with Crippen molar-refractivity contribution in [3.8, 4) is 16.3 Å². The molecule has 1 amide bonds. The third-order valence-corrected chi connectivity index (χ3v) is 6.74. The van der Waals surface area contributed by atoms with E-state index in [0.717, 1.165) is 34.5 Å². The number of aromatic nitrogens is 3. The van der Waals surface area contributed by atoms with Crippen molar-refractivity contribution in [2.24, 2.45) is 5.10 Å². The fraction of sp³-hybridized carbons (Fsp3) is 0.217. The van der Waals surface area contributed by atoms with Gasteiger partial charge >= 0.3 is 0 Å². The van der Waals surface area contributed by atoms with Crippen molar-refractivity contribution in [3.05, 3.63) is 63.4 Å². The van der Waals surface area contributed by atoms with E-state index in [0.29, 0.717) is 39.6 Å². The topological polar surface area (TPSA) is 90.6 Å². The Morgan fingerprint density at radius 1 is 1.30 bits per heavy atom. The van der Waals surface area contributed by atoms with Crippen LogP contribution in [0.15, 0.2) is 41.5 Å². The average molecular weight is 482 g/mol. The van der Waals surface area contributed by atoms with E-state index in [-0.39, 0.29) is 5.91 Å². The molecule has 0 spiro atoms. The molecule has 5 rings (SSSR count). The number of aryl methyl sites for hydroxylation is 1. The lowest BCUT2D eigenvalue weighted by Gasteiger charge is -2.14. The smallest absolute Gasteiger partial charge is 0.283 e. The summed E-state index contributed by atoms with van der Waals surface area (Å²) in [6, 6.07) is 11.2. The molecule has 2 aromatic carbocycles. The van der Waals surface area contributed by atoms with Gasteiger partial charge in [-0.05, 0) is 42.8 Å². The van der Waals surface area contributed by atoms with E-state index < -0.39 is 0 Å². The first-order chi connectivity index (χ1) is 16.0. The highest BCUT2D eigenvalue weighted by Crippen LogP contribution is 2.36. The highest BCUT2D eigenvalue weighted by molar-refractivity contribution is 7.17. The zero-order valence-electron chi connectivity index (χ0n) is 18.0. The maximum absolute atomic E-state index is 12.7. The van der Waals surface area contributed by atoms with Crippen molar-refractivity contribution in [3.63, 3.8) is 0 Å². The van der Waals surface area contributed by atoms with Crippen LogP contribution in [0.3, 0.4) is 0 Å². The van der Waals surface area contributed by atoms with Gasteiger partial charge in [-0.1, -0.05) is 17.7 Å². The Labute approximate surface area is 198 Å². The minimum absolute atomic E-state index is 0.323. The Morgan fingerprint density at radius 2 is 2.18 bits per heavy atom. The first-order valence-corrected chi connectivity index (χ1v) is 11.4. The van der Waals surface area contributed by atoms with Gasteiger partial charge in [0.05, 0.1) is 42.2 Å². The Balaban J connectivity index is 1.32. The molecule has 0 bridgehead atoms. The zero-order valence-corrected chi connectivity index (χ0v) is 19.5. The Kier molecular flexibility index (Phi) is 5.84. The highest BCUT2D eigenvalue weighted by atomic mass is 35.5. The number of carbonyl (C=O) groups excluding carboxylic acids is 1. The van der Waals surface area contributed by atoms with Crippen molar-refractivity contribution in [1.29, 1.82) is 0 Å². The molecule has 4 aromatic rings. The number of halogens is 1. The molecule has 0 saturated heterocycles. The summed E-state index contributed by atoms with van der Waals surface area (Å²) in [6.45, 7) is 3.80. The summed E-state index contributed by atoms with van der Waals surface area (Å²) in [4.78, 5) is 22.4. The number of carbonyl (C=O) groups is 1. The molecule has 1 N–H and O–H groups in total. The monoisotopic (exact) mass is 481 g/mol. The first-order valence-electron chi connectivity index (χ1n) is 10.2. The number of thiazole rings is 1. The number of hydrogen-bond acceptors (Lipinski definition) is 7. The van der Waals surface area contributed by atoms with Gasteiger partial charge in [-0.15, -0.1) is 11.3 Å². The largest absolute Gasteiger partial charge is 0.496 e. The van der Waals surface area contributed by atoms with E-state index in [1.165, 1.54) is 11.3 Å². The van der Waals surface area contributed by atoms with Gasteiger partial charge in [-0.2, -0.15) is 5.10 Å². The van der Waals surface area contributed by atoms with E-state index in [4.69, 9.17) is 21.1 Å². The van der Waals surface area contributed by atoms with Crippen molar-refractivity contribution in [2.75, 3.05) is 13.7 Å². The van der Waals surface area contributed by atoms with Crippen LogP contribution in [-0.4, -0.2) is 40.4 Å². The number of nitrogens with one attached hydrogen (secondary N) is 1. The van der Waals surface area contributed by atoms with Crippen LogP contribution in [0, 0.1) is 6.92 Å². The van der Waals surface area contributed by atoms with Gasteiger partial charge < -0.3 is 14.0 Å². The van der Waals surface area contributed by atoms with Crippen LogP contribution in [0.4, 0.5) is 0 Å². The maximum Gasteiger partial charge on any atom is 0.283 e. The van der Waals surface area contributed by atoms with E-state index in [1.54, 1.807) is 32.4 Å². The Morgan fingerprint density at radius 3 is 3.03 bits per heavy atom. The second kappa shape index (κ2) is 8.93. The normalized spacial score (nSPS) is 13.4. The molecule has 0 fully saturated rings. The van der Waals surface area contributed by atoms with Crippen molar-refractivity contribution in [1.82, 2.24) is 20.0 Å². The molecule has 10 heteroatoms. The molecule has 33 heavy (non-hydrogen) atoms. The minimum atomic E-state index is -0.323. The molecule has 1 aliphatic heterocycles. The average Bonchev–Trinajstić information content (AvgIpc) is 3.38. The number of benzene rings is 2. The molecule has 2 aromatic heterocycles. The maximum atomic E-state index is 12.7. The van der Waals surface area contributed by atoms with Gasteiger partial charge in [0.25, 0.3) is 5.91 Å². The second-order valence-electron chi connectivity index (χ2n) is 7.46. The van der Waals surface area contributed by atoms with Gasteiger partial charge in [-0.3, -0.25) is 4.79 Å². The second-order valence-corrected chi connectivity index (χ2v) is 8.89. The molecule has 0 saturated carbocycles. The third-order valence-electron chi connectivity index (χ3n) is 5.32. The molecule has 8 nitrogen and oxygen atoms in total. The van der Waals surface area contributed by atoms with Crippen molar-refractivity contribution in [2.45, 2.75) is 20.1 Å².